The monoisotopic (exact) mass is 306 g/mol. The normalized spacial score (nSPS) is 21.4. The lowest BCUT2D eigenvalue weighted by Gasteiger charge is -2.03. The number of hydrogen-bond acceptors (Lipinski definition) is 1. The summed E-state index contributed by atoms with van der Waals surface area (Å²) in [4.78, 5) is 4.82. The minimum Gasteiger partial charge on any atom is -0.294 e. The van der Waals surface area contributed by atoms with Crippen molar-refractivity contribution in [3.8, 4) is 0 Å². The SMILES string of the molecule is Cc1ccc2nc(C3C(C)(C)C3(C)C)c(Br)n2c1. The van der Waals surface area contributed by atoms with E-state index in [9.17, 15) is 0 Å². The summed E-state index contributed by atoms with van der Waals surface area (Å²) >= 11 is 3.73. The van der Waals surface area contributed by atoms with Gasteiger partial charge in [0.25, 0.3) is 0 Å². The largest absolute Gasteiger partial charge is 0.294 e. The molecule has 0 atom stereocenters. The van der Waals surface area contributed by atoms with Crippen LogP contribution in [0.3, 0.4) is 0 Å². The van der Waals surface area contributed by atoms with Gasteiger partial charge in [-0.15, -0.1) is 0 Å². The van der Waals surface area contributed by atoms with Crippen molar-refractivity contribution < 1.29 is 0 Å². The molecule has 2 aromatic heterocycles. The zero-order valence-electron chi connectivity index (χ0n) is 11.6. The van der Waals surface area contributed by atoms with Crippen LogP contribution in [-0.2, 0) is 0 Å². The first-order valence-electron chi connectivity index (χ1n) is 6.41. The van der Waals surface area contributed by atoms with E-state index in [1.54, 1.807) is 0 Å². The molecule has 0 unspecified atom stereocenters. The number of aromatic nitrogens is 2. The summed E-state index contributed by atoms with van der Waals surface area (Å²) in [6, 6.07) is 4.20. The second-order valence-electron chi connectivity index (χ2n) is 6.60. The van der Waals surface area contributed by atoms with Gasteiger partial charge in [0.15, 0.2) is 0 Å². The zero-order valence-corrected chi connectivity index (χ0v) is 13.2. The Balaban J connectivity index is 2.18. The fraction of sp³-hybridized carbons (Fsp3) is 0.533. The molecule has 0 amide bonds. The topological polar surface area (TPSA) is 17.3 Å². The van der Waals surface area contributed by atoms with Crippen LogP contribution >= 0.6 is 15.9 Å². The van der Waals surface area contributed by atoms with Crippen LogP contribution in [-0.4, -0.2) is 9.38 Å². The van der Waals surface area contributed by atoms with Gasteiger partial charge in [0.2, 0.25) is 0 Å². The maximum Gasteiger partial charge on any atom is 0.137 e. The van der Waals surface area contributed by atoms with Gasteiger partial charge < -0.3 is 0 Å². The highest BCUT2D eigenvalue weighted by molar-refractivity contribution is 9.10. The minimum absolute atomic E-state index is 0.322. The van der Waals surface area contributed by atoms with Crippen LogP contribution in [0.5, 0.6) is 0 Å². The molecule has 2 heterocycles. The van der Waals surface area contributed by atoms with E-state index in [1.165, 1.54) is 11.3 Å². The first-order chi connectivity index (χ1) is 8.26. The molecule has 2 nitrogen and oxygen atoms in total. The van der Waals surface area contributed by atoms with Gasteiger partial charge in [-0.2, -0.15) is 0 Å². The van der Waals surface area contributed by atoms with Crippen LogP contribution in [0.2, 0.25) is 0 Å². The molecule has 18 heavy (non-hydrogen) atoms. The molecule has 3 heteroatoms. The van der Waals surface area contributed by atoms with Crippen LogP contribution in [0, 0.1) is 17.8 Å². The van der Waals surface area contributed by atoms with Gasteiger partial charge in [0, 0.05) is 12.1 Å². The summed E-state index contributed by atoms with van der Waals surface area (Å²) in [6.45, 7) is 11.4. The van der Waals surface area contributed by atoms with E-state index < -0.39 is 0 Å². The van der Waals surface area contributed by atoms with Crippen LogP contribution in [0.4, 0.5) is 0 Å². The number of rotatable bonds is 1. The van der Waals surface area contributed by atoms with Crippen molar-refractivity contribution in [3.05, 3.63) is 34.2 Å². The minimum atomic E-state index is 0.322. The van der Waals surface area contributed by atoms with Gasteiger partial charge in [-0.25, -0.2) is 4.98 Å². The molecule has 96 valence electrons. The molecule has 0 aromatic carbocycles. The summed E-state index contributed by atoms with van der Waals surface area (Å²) in [5.74, 6) is 0.527. The van der Waals surface area contributed by atoms with Crippen molar-refractivity contribution in [2.45, 2.75) is 40.5 Å². The summed E-state index contributed by atoms with van der Waals surface area (Å²) in [7, 11) is 0. The Labute approximate surface area is 117 Å². The Morgan fingerprint density at radius 2 is 1.78 bits per heavy atom. The highest BCUT2D eigenvalue weighted by Gasteiger charge is 2.66. The number of fused-ring (bicyclic) bond motifs is 1. The third-order valence-corrected chi connectivity index (χ3v) is 5.82. The Morgan fingerprint density at radius 3 is 2.33 bits per heavy atom. The second-order valence-corrected chi connectivity index (χ2v) is 7.35. The molecule has 2 aromatic rings. The third-order valence-electron chi connectivity index (χ3n) is 5.03. The predicted molar refractivity (Wildman–Crippen MR) is 77.9 cm³/mol. The third kappa shape index (κ3) is 1.37. The predicted octanol–water partition coefficient (Wildman–Crippen LogP) is 4.55. The van der Waals surface area contributed by atoms with E-state index >= 15 is 0 Å². The lowest BCUT2D eigenvalue weighted by atomic mass is 10.0. The number of nitrogens with zero attached hydrogens (tertiary/aromatic N) is 2. The number of halogens is 1. The molecule has 0 spiro atoms. The molecule has 0 radical (unpaired) electrons. The summed E-state index contributed by atoms with van der Waals surface area (Å²) in [5, 5.41) is 0. The van der Waals surface area contributed by atoms with E-state index in [-0.39, 0.29) is 0 Å². The van der Waals surface area contributed by atoms with Crippen molar-refractivity contribution in [2.24, 2.45) is 10.8 Å². The molecule has 1 aliphatic carbocycles. The van der Waals surface area contributed by atoms with Gasteiger partial charge >= 0.3 is 0 Å². The summed E-state index contributed by atoms with van der Waals surface area (Å²) in [5.41, 5.74) is 4.13. The molecular formula is C15H19BrN2. The van der Waals surface area contributed by atoms with Gasteiger partial charge in [0.05, 0.1) is 5.69 Å². The van der Waals surface area contributed by atoms with Crippen molar-refractivity contribution in [2.75, 3.05) is 0 Å². The van der Waals surface area contributed by atoms with E-state index in [0.29, 0.717) is 16.7 Å². The average Bonchev–Trinajstić information content (AvgIpc) is 2.52. The number of imidazole rings is 1. The molecule has 1 aliphatic rings. The highest BCUT2D eigenvalue weighted by Crippen LogP contribution is 2.73. The molecule has 0 bridgehead atoms. The molecule has 0 saturated heterocycles. The molecule has 0 aliphatic heterocycles. The molecule has 0 N–H and O–H groups in total. The summed E-state index contributed by atoms with van der Waals surface area (Å²) < 4.78 is 3.26. The van der Waals surface area contributed by atoms with E-state index in [1.807, 2.05) is 0 Å². The maximum atomic E-state index is 4.82. The maximum absolute atomic E-state index is 4.82. The summed E-state index contributed by atoms with van der Waals surface area (Å²) in [6.07, 6.45) is 2.14. The second kappa shape index (κ2) is 3.38. The van der Waals surface area contributed by atoms with Crippen molar-refractivity contribution in [1.29, 1.82) is 0 Å². The quantitative estimate of drug-likeness (QED) is 0.755. The Kier molecular flexibility index (Phi) is 2.30. The van der Waals surface area contributed by atoms with Crippen LogP contribution in [0.15, 0.2) is 22.9 Å². The van der Waals surface area contributed by atoms with Crippen molar-refractivity contribution in [3.63, 3.8) is 0 Å². The standard InChI is InChI=1S/C15H19BrN2/c1-9-6-7-10-17-11(13(16)18(10)8-9)12-14(2,3)15(12,4)5/h6-8,12H,1-5H3. The van der Waals surface area contributed by atoms with Gasteiger partial charge in [-0.1, -0.05) is 33.8 Å². The van der Waals surface area contributed by atoms with Crippen LogP contribution < -0.4 is 0 Å². The highest BCUT2D eigenvalue weighted by atomic mass is 79.9. The first kappa shape index (κ1) is 12.2. The smallest absolute Gasteiger partial charge is 0.137 e. The van der Waals surface area contributed by atoms with E-state index in [2.05, 4.69) is 73.3 Å². The lowest BCUT2D eigenvalue weighted by molar-refractivity contribution is 0.457. The number of pyridine rings is 1. The van der Waals surface area contributed by atoms with Crippen LogP contribution in [0.25, 0.3) is 5.65 Å². The van der Waals surface area contributed by atoms with Gasteiger partial charge in [-0.3, -0.25) is 4.40 Å². The average molecular weight is 307 g/mol. The van der Waals surface area contributed by atoms with Gasteiger partial charge in [0.1, 0.15) is 10.3 Å². The Bertz CT molecular complexity index is 623. The molecule has 1 saturated carbocycles. The zero-order chi connectivity index (χ0) is 13.3. The fourth-order valence-electron chi connectivity index (χ4n) is 3.20. The lowest BCUT2D eigenvalue weighted by Crippen LogP contribution is -1.95. The van der Waals surface area contributed by atoms with E-state index in [4.69, 9.17) is 4.98 Å². The van der Waals surface area contributed by atoms with Crippen molar-refractivity contribution >= 4 is 21.6 Å². The molecular weight excluding hydrogens is 288 g/mol. The van der Waals surface area contributed by atoms with Gasteiger partial charge in [-0.05, 0) is 45.3 Å². The van der Waals surface area contributed by atoms with Crippen molar-refractivity contribution in [1.82, 2.24) is 9.38 Å². The molecule has 1 fully saturated rings. The number of aryl methyl sites for hydroxylation is 1. The fourth-order valence-corrected chi connectivity index (χ4v) is 3.81. The Morgan fingerprint density at radius 1 is 1.17 bits per heavy atom. The van der Waals surface area contributed by atoms with Crippen LogP contribution in [0.1, 0.15) is 44.9 Å². The van der Waals surface area contributed by atoms with E-state index in [0.717, 1.165) is 10.3 Å². The first-order valence-corrected chi connectivity index (χ1v) is 7.20. The Hall–Kier alpha value is -0.830. The number of hydrogen-bond donors (Lipinski definition) is 0. The molecule has 3 rings (SSSR count).